The molecule has 0 saturated heterocycles. The molecule has 1 aliphatic rings. The summed E-state index contributed by atoms with van der Waals surface area (Å²) in [5.41, 5.74) is 3.71. The van der Waals surface area contributed by atoms with Crippen molar-refractivity contribution < 1.29 is 18.7 Å². The summed E-state index contributed by atoms with van der Waals surface area (Å²) in [6, 6.07) is 12.6. The number of ether oxygens (including phenoxy) is 2. The van der Waals surface area contributed by atoms with Gasteiger partial charge in [-0.3, -0.25) is 4.79 Å². The van der Waals surface area contributed by atoms with Gasteiger partial charge in [-0.05, 0) is 36.2 Å². The third kappa shape index (κ3) is 3.48. The Morgan fingerprint density at radius 3 is 2.62 bits per heavy atom. The van der Waals surface area contributed by atoms with Crippen LogP contribution < -0.4 is 4.90 Å². The molecule has 26 heavy (non-hydrogen) atoms. The Bertz CT molecular complexity index is 860. The number of fused-ring (bicyclic) bond motifs is 1. The molecular weight excluding hydrogens is 333 g/mol. The van der Waals surface area contributed by atoms with Crippen LogP contribution in [0.25, 0.3) is 5.76 Å². The highest BCUT2D eigenvalue weighted by molar-refractivity contribution is 6.00. The topological polar surface area (TPSA) is 38.8 Å². The van der Waals surface area contributed by atoms with Gasteiger partial charge in [0, 0.05) is 18.2 Å². The van der Waals surface area contributed by atoms with E-state index in [2.05, 4.69) is 0 Å². The highest BCUT2D eigenvalue weighted by Gasteiger charge is 2.28. The molecule has 4 nitrogen and oxygen atoms in total. The molecule has 0 aromatic heterocycles. The number of anilines is 1. The van der Waals surface area contributed by atoms with Crippen LogP contribution >= 0.6 is 0 Å². The second-order valence-electron chi connectivity index (χ2n) is 6.33. The highest BCUT2D eigenvalue weighted by Crippen LogP contribution is 2.35. The van der Waals surface area contributed by atoms with Gasteiger partial charge in [-0.2, -0.15) is 0 Å². The number of amides is 1. The Morgan fingerprint density at radius 1 is 1.15 bits per heavy atom. The molecule has 0 atom stereocenters. The first-order chi connectivity index (χ1) is 12.5. The lowest BCUT2D eigenvalue weighted by molar-refractivity contribution is -0.118. The predicted octanol–water partition coefficient (Wildman–Crippen LogP) is 4.07. The van der Waals surface area contributed by atoms with Crippen molar-refractivity contribution in [2.75, 3.05) is 25.7 Å². The van der Waals surface area contributed by atoms with Crippen LogP contribution in [-0.4, -0.2) is 26.7 Å². The second-order valence-corrected chi connectivity index (χ2v) is 6.33. The van der Waals surface area contributed by atoms with Crippen LogP contribution in [0.4, 0.5) is 10.1 Å². The number of hydrogen-bond acceptors (Lipinski definition) is 3. The van der Waals surface area contributed by atoms with E-state index in [1.807, 2.05) is 30.3 Å². The Kier molecular flexibility index (Phi) is 5.38. The standard InChI is InChI=1S/C21H22FNO3/c1-14-8-9-15(10-18(14)22)12-23-19-7-5-4-6-17(19)21(26-3)16(13-25-2)11-20(23)24/h4-10H,11-13H2,1-3H3. The quantitative estimate of drug-likeness (QED) is 0.811. The average Bonchev–Trinajstić information content (AvgIpc) is 2.74. The number of hydrogen-bond donors (Lipinski definition) is 0. The molecule has 1 heterocycles. The molecule has 0 unspecified atom stereocenters. The largest absolute Gasteiger partial charge is 0.496 e. The Labute approximate surface area is 152 Å². The Balaban J connectivity index is 2.05. The lowest BCUT2D eigenvalue weighted by Gasteiger charge is -2.23. The third-order valence-corrected chi connectivity index (χ3v) is 4.53. The fraction of sp³-hybridized carbons (Fsp3) is 0.286. The first kappa shape index (κ1) is 18.1. The van der Waals surface area contributed by atoms with Gasteiger partial charge in [0.15, 0.2) is 0 Å². The van der Waals surface area contributed by atoms with Crippen LogP contribution in [0.1, 0.15) is 23.1 Å². The van der Waals surface area contributed by atoms with Gasteiger partial charge in [0.25, 0.3) is 0 Å². The zero-order valence-corrected chi connectivity index (χ0v) is 15.2. The predicted molar refractivity (Wildman–Crippen MR) is 99.2 cm³/mol. The third-order valence-electron chi connectivity index (χ3n) is 4.53. The molecule has 0 spiro atoms. The molecule has 0 bridgehead atoms. The summed E-state index contributed by atoms with van der Waals surface area (Å²) in [5.74, 6) is 0.319. The summed E-state index contributed by atoms with van der Waals surface area (Å²) in [5, 5.41) is 0. The molecule has 2 aromatic rings. The number of carbonyl (C=O) groups excluding carboxylic acids is 1. The van der Waals surface area contributed by atoms with E-state index < -0.39 is 0 Å². The molecule has 0 saturated carbocycles. The molecule has 1 aliphatic heterocycles. The van der Waals surface area contributed by atoms with Crippen LogP contribution in [0.5, 0.6) is 0 Å². The van der Waals surface area contributed by atoms with E-state index >= 15 is 0 Å². The van der Waals surface area contributed by atoms with Gasteiger partial charge < -0.3 is 14.4 Å². The molecule has 1 amide bonds. The van der Waals surface area contributed by atoms with Crippen molar-refractivity contribution in [2.24, 2.45) is 0 Å². The number of rotatable bonds is 5. The van der Waals surface area contributed by atoms with Crippen LogP contribution in [-0.2, 0) is 20.8 Å². The van der Waals surface area contributed by atoms with E-state index in [4.69, 9.17) is 9.47 Å². The molecule has 2 aromatic carbocycles. The molecule has 0 aliphatic carbocycles. The van der Waals surface area contributed by atoms with E-state index in [0.29, 0.717) is 24.5 Å². The van der Waals surface area contributed by atoms with Gasteiger partial charge >= 0.3 is 0 Å². The average molecular weight is 355 g/mol. The van der Waals surface area contributed by atoms with Crippen LogP contribution in [0.15, 0.2) is 48.0 Å². The normalized spacial score (nSPS) is 14.3. The van der Waals surface area contributed by atoms with Crippen molar-refractivity contribution in [3.63, 3.8) is 0 Å². The smallest absolute Gasteiger partial charge is 0.231 e. The minimum absolute atomic E-state index is 0.0717. The van der Waals surface area contributed by atoms with Crippen molar-refractivity contribution in [3.05, 3.63) is 70.5 Å². The van der Waals surface area contributed by atoms with Crippen LogP contribution in [0, 0.1) is 12.7 Å². The van der Waals surface area contributed by atoms with Gasteiger partial charge in [0.05, 0.1) is 32.4 Å². The molecular formula is C21H22FNO3. The maximum absolute atomic E-state index is 13.9. The van der Waals surface area contributed by atoms with E-state index in [1.54, 1.807) is 32.1 Å². The number of methoxy groups -OCH3 is 2. The van der Waals surface area contributed by atoms with E-state index in [-0.39, 0.29) is 18.1 Å². The zero-order valence-electron chi connectivity index (χ0n) is 15.2. The monoisotopic (exact) mass is 355 g/mol. The molecule has 3 rings (SSSR count). The summed E-state index contributed by atoms with van der Waals surface area (Å²) in [7, 11) is 3.19. The molecule has 136 valence electrons. The van der Waals surface area contributed by atoms with Crippen molar-refractivity contribution in [2.45, 2.75) is 19.9 Å². The maximum Gasteiger partial charge on any atom is 0.231 e. The van der Waals surface area contributed by atoms with Gasteiger partial charge in [0.2, 0.25) is 5.91 Å². The molecule has 0 radical (unpaired) electrons. The minimum atomic E-state index is -0.270. The number of benzene rings is 2. The second kappa shape index (κ2) is 7.70. The first-order valence-electron chi connectivity index (χ1n) is 8.45. The zero-order chi connectivity index (χ0) is 18.7. The summed E-state index contributed by atoms with van der Waals surface area (Å²) < 4.78 is 24.8. The van der Waals surface area contributed by atoms with Crippen molar-refractivity contribution in [1.82, 2.24) is 0 Å². The van der Waals surface area contributed by atoms with E-state index in [0.717, 1.165) is 22.4 Å². The molecule has 5 heteroatoms. The van der Waals surface area contributed by atoms with Crippen LogP contribution in [0.2, 0.25) is 0 Å². The van der Waals surface area contributed by atoms with Crippen molar-refractivity contribution in [1.29, 1.82) is 0 Å². The fourth-order valence-electron chi connectivity index (χ4n) is 3.22. The minimum Gasteiger partial charge on any atom is -0.496 e. The van der Waals surface area contributed by atoms with Crippen molar-refractivity contribution >= 4 is 17.4 Å². The van der Waals surface area contributed by atoms with Gasteiger partial charge in [-0.1, -0.05) is 24.3 Å². The van der Waals surface area contributed by atoms with Crippen molar-refractivity contribution in [3.8, 4) is 0 Å². The van der Waals surface area contributed by atoms with Gasteiger partial charge in [0.1, 0.15) is 11.6 Å². The summed E-state index contributed by atoms with van der Waals surface area (Å²) >= 11 is 0. The fourth-order valence-corrected chi connectivity index (χ4v) is 3.22. The first-order valence-corrected chi connectivity index (χ1v) is 8.45. The summed E-state index contributed by atoms with van der Waals surface area (Å²) in [6.45, 7) is 2.33. The number of nitrogens with zero attached hydrogens (tertiary/aromatic N) is 1. The number of halogens is 1. The van der Waals surface area contributed by atoms with E-state index in [9.17, 15) is 9.18 Å². The van der Waals surface area contributed by atoms with Gasteiger partial charge in [-0.25, -0.2) is 4.39 Å². The number of aryl methyl sites for hydroxylation is 1. The molecule has 0 N–H and O–H groups in total. The number of carbonyl (C=O) groups is 1. The summed E-state index contributed by atoms with van der Waals surface area (Å²) in [6.07, 6.45) is 0.194. The Morgan fingerprint density at radius 2 is 1.92 bits per heavy atom. The maximum atomic E-state index is 13.9. The highest BCUT2D eigenvalue weighted by atomic mass is 19.1. The van der Waals surface area contributed by atoms with Crippen LogP contribution in [0.3, 0.4) is 0 Å². The van der Waals surface area contributed by atoms with E-state index in [1.165, 1.54) is 6.07 Å². The van der Waals surface area contributed by atoms with Gasteiger partial charge in [-0.15, -0.1) is 0 Å². The molecule has 0 fully saturated rings. The summed E-state index contributed by atoms with van der Waals surface area (Å²) in [4.78, 5) is 14.6. The Hall–Kier alpha value is -2.66. The SMILES string of the molecule is COCC1=C(OC)c2ccccc2N(Cc2ccc(C)c(F)c2)C(=O)C1. The lowest BCUT2D eigenvalue weighted by atomic mass is 10.1. The number of para-hydroxylation sites is 1. The lowest BCUT2D eigenvalue weighted by Crippen LogP contribution is -2.30.